The molecule has 0 aliphatic carbocycles. The Bertz CT molecular complexity index is 313. The van der Waals surface area contributed by atoms with Gasteiger partial charge in [-0.2, -0.15) is 0 Å². The Kier molecular flexibility index (Phi) is 4.24. The zero-order valence-corrected chi connectivity index (χ0v) is 9.21. The first-order valence-corrected chi connectivity index (χ1v) is 5.03. The van der Waals surface area contributed by atoms with E-state index < -0.39 is 0 Å². The molecule has 0 saturated carbocycles. The minimum atomic E-state index is 1.01. The number of benzene rings is 1. The van der Waals surface area contributed by atoms with Gasteiger partial charge in [0.25, 0.3) is 0 Å². The van der Waals surface area contributed by atoms with Gasteiger partial charge in [0.05, 0.1) is 7.11 Å². The van der Waals surface area contributed by atoms with Gasteiger partial charge < -0.3 is 4.74 Å². The molecule has 14 heavy (non-hydrogen) atoms. The molecule has 0 aliphatic heterocycles. The Balaban J connectivity index is 2.82. The van der Waals surface area contributed by atoms with Crippen LogP contribution in [0.5, 0.6) is 5.75 Å². The van der Waals surface area contributed by atoms with Crippen LogP contribution in [0.1, 0.15) is 24.5 Å². The number of aryl methyl sites for hydroxylation is 1. The highest BCUT2D eigenvalue weighted by atomic mass is 16.5. The van der Waals surface area contributed by atoms with Gasteiger partial charge in [-0.05, 0) is 43.9 Å². The first-order valence-electron chi connectivity index (χ1n) is 5.03. The van der Waals surface area contributed by atoms with Crippen molar-refractivity contribution < 1.29 is 4.74 Å². The standard InChI is InChI=1S/C13H18O/c1-4-5-6-9-12-11(2)8-7-10-13(12)14-3/h4-5,7-8,10H,6,9H2,1-3H3/b5-4-. The van der Waals surface area contributed by atoms with Crippen molar-refractivity contribution in [2.24, 2.45) is 0 Å². The van der Waals surface area contributed by atoms with E-state index in [1.807, 2.05) is 12.1 Å². The summed E-state index contributed by atoms with van der Waals surface area (Å²) in [4.78, 5) is 0. The molecule has 0 radical (unpaired) electrons. The minimum absolute atomic E-state index is 1.01. The molecule has 0 unspecified atom stereocenters. The summed E-state index contributed by atoms with van der Waals surface area (Å²) in [6, 6.07) is 6.19. The quantitative estimate of drug-likeness (QED) is 0.660. The van der Waals surface area contributed by atoms with Crippen molar-refractivity contribution in [2.75, 3.05) is 7.11 Å². The molecule has 0 spiro atoms. The molecule has 0 aliphatic rings. The Labute approximate surface area is 86.4 Å². The highest BCUT2D eigenvalue weighted by Crippen LogP contribution is 2.23. The van der Waals surface area contributed by atoms with E-state index in [2.05, 4.69) is 32.1 Å². The van der Waals surface area contributed by atoms with E-state index in [0.717, 1.165) is 18.6 Å². The van der Waals surface area contributed by atoms with Crippen LogP contribution in [0.15, 0.2) is 30.4 Å². The van der Waals surface area contributed by atoms with E-state index in [1.54, 1.807) is 7.11 Å². The maximum Gasteiger partial charge on any atom is 0.122 e. The fourth-order valence-corrected chi connectivity index (χ4v) is 1.58. The van der Waals surface area contributed by atoms with Gasteiger partial charge in [-0.1, -0.05) is 24.3 Å². The fourth-order valence-electron chi connectivity index (χ4n) is 1.58. The topological polar surface area (TPSA) is 9.23 Å². The van der Waals surface area contributed by atoms with Gasteiger partial charge in [0.15, 0.2) is 0 Å². The minimum Gasteiger partial charge on any atom is -0.496 e. The first-order chi connectivity index (χ1) is 6.79. The molecule has 1 aromatic carbocycles. The predicted molar refractivity (Wildman–Crippen MR) is 60.9 cm³/mol. The number of ether oxygens (including phenoxy) is 1. The van der Waals surface area contributed by atoms with Crippen LogP contribution in [0.3, 0.4) is 0 Å². The molecule has 0 atom stereocenters. The summed E-state index contributed by atoms with van der Waals surface area (Å²) in [5.74, 6) is 1.01. The molecule has 1 rings (SSSR count). The average Bonchev–Trinajstić information content (AvgIpc) is 2.20. The highest BCUT2D eigenvalue weighted by Gasteiger charge is 2.03. The van der Waals surface area contributed by atoms with Gasteiger partial charge in [0, 0.05) is 0 Å². The van der Waals surface area contributed by atoms with Crippen LogP contribution in [0.4, 0.5) is 0 Å². The number of hydrogen-bond donors (Lipinski definition) is 0. The van der Waals surface area contributed by atoms with Crippen molar-refractivity contribution >= 4 is 0 Å². The van der Waals surface area contributed by atoms with Crippen LogP contribution in [0.2, 0.25) is 0 Å². The molecule has 0 amide bonds. The second-order valence-electron chi connectivity index (χ2n) is 3.36. The van der Waals surface area contributed by atoms with Gasteiger partial charge in [0.2, 0.25) is 0 Å². The lowest BCUT2D eigenvalue weighted by Crippen LogP contribution is -1.94. The summed E-state index contributed by atoms with van der Waals surface area (Å²) in [6.07, 6.45) is 6.41. The molecule has 0 saturated heterocycles. The van der Waals surface area contributed by atoms with E-state index in [9.17, 15) is 0 Å². The Morgan fingerprint density at radius 3 is 2.79 bits per heavy atom. The Hall–Kier alpha value is -1.24. The van der Waals surface area contributed by atoms with E-state index in [1.165, 1.54) is 11.1 Å². The van der Waals surface area contributed by atoms with Crippen LogP contribution in [0.25, 0.3) is 0 Å². The molecule has 1 aromatic rings. The fraction of sp³-hybridized carbons (Fsp3) is 0.385. The molecule has 0 N–H and O–H groups in total. The number of allylic oxidation sites excluding steroid dienone is 2. The summed E-state index contributed by atoms with van der Waals surface area (Å²) in [7, 11) is 1.73. The Morgan fingerprint density at radius 2 is 2.14 bits per heavy atom. The van der Waals surface area contributed by atoms with Crippen molar-refractivity contribution in [3.63, 3.8) is 0 Å². The molecular weight excluding hydrogens is 172 g/mol. The summed E-state index contributed by atoms with van der Waals surface area (Å²) in [5, 5.41) is 0. The van der Waals surface area contributed by atoms with E-state index in [4.69, 9.17) is 4.74 Å². The van der Waals surface area contributed by atoms with Gasteiger partial charge >= 0.3 is 0 Å². The molecule has 1 heteroatoms. The molecule has 0 bridgehead atoms. The zero-order chi connectivity index (χ0) is 10.4. The SMILES string of the molecule is C/C=C\CCc1c(C)cccc1OC. The van der Waals surface area contributed by atoms with Crippen molar-refractivity contribution in [1.82, 2.24) is 0 Å². The monoisotopic (exact) mass is 190 g/mol. The van der Waals surface area contributed by atoms with Crippen molar-refractivity contribution in [3.8, 4) is 5.75 Å². The smallest absolute Gasteiger partial charge is 0.122 e. The van der Waals surface area contributed by atoms with Crippen molar-refractivity contribution in [3.05, 3.63) is 41.5 Å². The van der Waals surface area contributed by atoms with Gasteiger partial charge in [-0.15, -0.1) is 0 Å². The molecule has 0 fully saturated rings. The van der Waals surface area contributed by atoms with E-state index >= 15 is 0 Å². The first kappa shape index (κ1) is 10.8. The summed E-state index contributed by atoms with van der Waals surface area (Å²) >= 11 is 0. The second-order valence-corrected chi connectivity index (χ2v) is 3.36. The van der Waals surface area contributed by atoms with E-state index in [0.29, 0.717) is 0 Å². The molecule has 76 valence electrons. The number of rotatable bonds is 4. The van der Waals surface area contributed by atoms with Crippen molar-refractivity contribution in [1.29, 1.82) is 0 Å². The molecular formula is C13H18O. The van der Waals surface area contributed by atoms with Crippen molar-refractivity contribution in [2.45, 2.75) is 26.7 Å². The van der Waals surface area contributed by atoms with Gasteiger partial charge in [-0.25, -0.2) is 0 Å². The van der Waals surface area contributed by atoms with Crippen LogP contribution >= 0.6 is 0 Å². The summed E-state index contributed by atoms with van der Waals surface area (Å²) in [5.41, 5.74) is 2.64. The maximum atomic E-state index is 5.33. The molecule has 0 heterocycles. The predicted octanol–water partition coefficient (Wildman–Crippen LogP) is 3.51. The third kappa shape index (κ3) is 2.63. The lowest BCUT2D eigenvalue weighted by molar-refractivity contribution is 0.409. The summed E-state index contributed by atoms with van der Waals surface area (Å²) in [6.45, 7) is 4.18. The number of hydrogen-bond acceptors (Lipinski definition) is 1. The number of methoxy groups -OCH3 is 1. The van der Waals surface area contributed by atoms with Crippen LogP contribution in [-0.4, -0.2) is 7.11 Å². The summed E-state index contributed by atoms with van der Waals surface area (Å²) < 4.78 is 5.33. The highest BCUT2D eigenvalue weighted by molar-refractivity contribution is 5.39. The lowest BCUT2D eigenvalue weighted by Gasteiger charge is -2.10. The third-order valence-electron chi connectivity index (χ3n) is 2.38. The molecule has 0 aromatic heterocycles. The average molecular weight is 190 g/mol. The zero-order valence-electron chi connectivity index (χ0n) is 9.21. The molecule has 1 nitrogen and oxygen atoms in total. The largest absolute Gasteiger partial charge is 0.496 e. The van der Waals surface area contributed by atoms with Gasteiger partial charge in [0.1, 0.15) is 5.75 Å². The van der Waals surface area contributed by atoms with E-state index in [-0.39, 0.29) is 0 Å². The van der Waals surface area contributed by atoms with Crippen LogP contribution in [-0.2, 0) is 6.42 Å². The van der Waals surface area contributed by atoms with Crippen LogP contribution in [0, 0.1) is 6.92 Å². The normalized spacial score (nSPS) is 10.8. The van der Waals surface area contributed by atoms with Crippen LogP contribution < -0.4 is 4.74 Å². The lowest BCUT2D eigenvalue weighted by atomic mass is 10.0. The van der Waals surface area contributed by atoms with Gasteiger partial charge in [-0.3, -0.25) is 0 Å². The Morgan fingerprint density at radius 1 is 1.36 bits per heavy atom. The third-order valence-corrected chi connectivity index (χ3v) is 2.38. The second kappa shape index (κ2) is 5.48. The maximum absolute atomic E-state index is 5.33.